The molecule has 1 heterocycles. The Labute approximate surface area is 179 Å². The average Bonchev–Trinajstić information content (AvgIpc) is 2.75. The summed E-state index contributed by atoms with van der Waals surface area (Å²) in [5, 5.41) is 5.71. The number of amides is 3. The number of aryl methyl sites for hydroxylation is 1. The van der Waals surface area contributed by atoms with Crippen LogP contribution in [0.3, 0.4) is 0 Å². The van der Waals surface area contributed by atoms with E-state index in [-0.39, 0.29) is 11.9 Å². The van der Waals surface area contributed by atoms with E-state index in [0.29, 0.717) is 13.0 Å². The molecule has 1 saturated heterocycles. The van der Waals surface area contributed by atoms with Crippen LogP contribution in [0.1, 0.15) is 30.9 Å². The molecule has 160 valence electrons. The van der Waals surface area contributed by atoms with Crippen molar-refractivity contribution in [2.24, 2.45) is 0 Å². The van der Waals surface area contributed by atoms with Crippen LogP contribution in [0.5, 0.6) is 0 Å². The summed E-state index contributed by atoms with van der Waals surface area (Å²) in [4.78, 5) is 28.7. The third-order valence-electron chi connectivity index (χ3n) is 5.38. The number of unbranched alkanes of at least 4 members (excludes halogenated alkanes) is 1. The standard InChI is InChI=1S/C24H32N4O2/c1-3-4-12-25-24(30)26-21-8-10-22(11-9-21)27-13-15-28(16-14-27)23(29)18-20-7-5-6-19(2)17-20/h5-11,17H,3-4,12-16,18H2,1-2H3,(H2,25,26,30). The van der Waals surface area contributed by atoms with Gasteiger partial charge in [-0.25, -0.2) is 4.79 Å². The summed E-state index contributed by atoms with van der Waals surface area (Å²) < 4.78 is 0. The minimum Gasteiger partial charge on any atom is -0.368 e. The minimum absolute atomic E-state index is 0.170. The Balaban J connectivity index is 1.46. The molecule has 1 aliphatic heterocycles. The Morgan fingerprint density at radius 2 is 1.73 bits per heavy atom. The summed E-state index contributed by atoms with van der Waals surface area (Å²) in [6.45, 7) is 7.90. The predicted octanol–water partition coefficient (Wildman–Crippen LogP) is 3.81. The molecule has 0 aliphatic carbocycles. The number of benzene rings is 2. The second-order valence-corrected chi connectivity index (χ2v) is 7.81. The van der Waals surface area contributed by atoms with E-state index < -0.39 is 0 Å². The Hall–Kier alpha value is -3.02. The average molecular weight is 409 g/mol. The van der Waals surface area contributed by atoms with Gasteiger partial charge in [0.05, 0.1) is 6.42 Å². The molecule has 0 radical (unpaired) electrons. The smallest absolute Gasteiger partial charge is 0.319 e. The van der Waals surface area contributed by atoms with Crippen molar-refractivity contribution in [2.45, 2.75) is 33.1 Å². The molecule has 0 aromatic heterocycles. The van der Waals surface area contributed by atoms with Gasteiger partial charge in [-0.3, -0.25) is 4.79 Å². The second kappa shape index (κ2) is 10.7. The lowest BCUT2D eigenvalue weighted by molar-refractivity contribution is -0.130. The Morgan fingerprint density at radius 1 is 1.00 bits per heavy atom. The number of rotatable bonds is 7. The van der Waals surface area contributed by atoms with Gasteiger partial charge in [0.1, 0.15) is 0 Å². The van der Waals surface area contributed by atoms with Crippen molar-refractivity contribution in [1.29, 1.82) is 0 Å². The number of piperazine rings is 1. The Kier molecular flexibility index (Phi) is 7.71. The molecule has 6 heteroatoms. The zero-order valence-corrected chi connectivity index (χ0v) is 18.0. The van der Waals surface area contributed by atoms with Gasteiger partial charge in [-0.2, -0.15) is 0 Å². The molecule has 3 rings (SSSR count). The molecule has 1 fully saturated rings. The predicted molar refractivity (Wildman–Crippen MR) is 122 cm³/mol. The summed E-state index contributed by atoms with van der Waals surface area (Å²) in [5.74, 6) is 0.189. The summed E-state index contributed by atoms with van der Waals surface area (Å²) in [6.07, 6.45) is 2.49. The van der Waals surface area contributed by atoms with Crippen LogP contribution in [-0.2, 0) is 11.2 Å². The summed E-state index contributed by atoms with van der Waals surface area (Å²) >= 11 is 0. The molecular formula is C24H32N4O2. The van der Waals surface area contributed by atoms with Gasteiger partial charge in [0.2, 0.25) is 5.91 Å². The Morgan fingerprint density at radius 3 is 2.40 bits per heavy atom. The van der Waals surface area contributed by atoms with Crippen LogP contribution in [0.25, 0.3) is 0 Å². The fraction of sp³-hybridized carbons (Fsp3) is 0.417. The lowest BCUT2D eigenvalue weighted by Gasteiger charge is -2.36. The van der Waals surface area contributed by atoms with E-state index in [1.54, 1.807) is 0 Å². The maximum atomic E-state index is 12.6. The van der Waals surface area contributed by atoms with Gasteiger partial charge in [-0.05, 0) is 43.2 Å². The first kappa shape index (κ1) is 21.7. The molecule has 2 aromatic carbocycles. The summed E-state index contributed by atoms with van der Waals surface area (Å²) in [5.41, 5.74) is 4.14. The number of hydrogen-bond donors (Lipinski definition) is 2. The molecule has 0 saturated carbocycles. The van der Waals surface area contributed by atoms with E-state index in [0.717, 1.165) is 56.0 Å². The van der Waals surface area contributed by atoms with E-state index in [4.69, 9.17) is 0 Å². The highest BCUT2D eigenvalue weighted by molar-refractivity contribution is 5.89. The van der Waals surface area contributed by atoms with Crippen LogP contribution < -0.4 is 15.5 Å². The first-order valence-corrected chi connectivity index (χ1v) is 10.8. The molecule has 2 N–H and O–H groups in total. The van der Waals surface area contributed by atoms with Crippen LogP contribution >= 0.6 is 0 Å². The van der Waals surface area contributed by atoms with E-state index in [9.17, 15) is 9.59 Å². The van der Waals surface area contributed by atoms with E-state index in [1.807, 2.05) is 54.3 Å². The lowest BCUT2D eigenvalue weighted by Crippen LogP contribution is -2.49. The number of carbonyl (C=O) groups excluding carboxylic acids is 2. The maximum Gasteiger partial charge on any atom is 0.319 e. The molecule has 0 bridgehead atoms. The molecule has 2 aromatic rings. The van der Waals surface area contributed by atoms with Crippen molar-refractivity contribution < 1.29 is 9.59 Å². The van der Waals surface area contributed by atoms with E-state index in [2.05, 4.69) is 28.5 Å². The van der Waals surface area contributed by atoms with Crippen molar-refractivity contribution in [3.8, 4) is 0 Å². The fourth-order valence-electron chi connectivity index (χ4n) is 3.63. The van der Waals surface area contributed by atoms with Crippen LogP contribution in [0.4, 0.5) is 16.2 Å². The quantitative estimate of drug-likeness (QED) is 0.685. The summed E-state index contributed by atoms with van der Waals surface area (Å²) in [7, 11) is 0. The zero-order chi connectivity index (χ0) is 21.3. The first-order valence-electron chi connectivity index (χ1n) is 10.8. The van der Waals surface area contributed by atoms with Gasteiger partial charge < -0.3 is 20.4 Å². The molecule has 3 amide bonds. The molecule has 0 atom stereocenters. The van der Waals surface area contributed by atoms with Crippen LogP contribution in [-0.4, -0.2) is 49.6 Å². The van der Waals surface area contributed by atoms with Gasteiger partial charge in [0, 0.05) is 44.1 Å². The van der Waals surface area contributed by atoms with Crippen molar-refractivity contribution >= 4 is 23.3 Å². The number of anilines is 2. The van der Waals surface area contributed by atoms with Crippen molar-refractivity contribution in [3.63, 3.8) is 0 Å². The van der Waals surface area contributed by atoms with E-state index >= 15 is 0 Å². The van der Waals surface area contributed by atoms with Crippen LogP contribution in [0.2, 0.25) is 0 Å². The monoisotopic (exact) mass is 408 g/mol. The van der Waals surface area contributed by atoms with Crippen LogP contribution in [0, 0.1) is 6.92 Å². The van der Waals surface area contributed by atoms with Gasteiger partial charge in [-0.15, -0.1) is 0 Å². The number of nitrogens with one attached hydrogen (secondary N) is 2. The zero-order valence-electron chi connectivity index (χ0n) is 18.0. The van der Waals surface area contributed by atoms with E-state index in [1.165, 1.54) is 5.56 Å². The van der Waals surface area contributed by atoms with Crippen LogP contribution in [0.15, 0.2) is 48.5 Å². The number of nitrogens with zero attached hydrogens (tertiary/aromatic N) is 2. The second-order valence-electron chi connectivity index (χ2n) is 7.81. The molecule has 1 aliphatic rings. The van der Waals surface area contributed by atoms with Crippen molar-refractivity contribution in [1.82, 2.24) is 10.2 Å². The molecule has 30 heavy (non-hydrogen) atoms. The molecule has 0 unspecified atom stereocenters. The third kappa shape index (κ3) is 6.24. The van der Waals surface area contributed by atoms with Gasteiger partial charge >= 0.3 is 6.03 Å². The normalized spacial score (nSPS) is 13.8. The molecular weight excluding hydrogens is 376 g/mol. The first-order chi connectivity index (χ1) is 14.5. The SMILES string of the molecule is CCCCNC(=O)Nc1ccc(N2CCN(C(=O)Cc3cccc(C)c3)CC2)cc1. The third-order valence-corrected chi connectivity index (χ3v) is 5.38. The Bertz CT molecular complexity index is 843. The lowest BCUT2D eigenvalue weighted by atomic mass is 10.1. The highest BCUT2D eigenvalue weighted by atomic mass is 16.2. The summed E-state index contributed by atoms with van der Waals surface area (Å²) in [6, 6.07) is 15.9. The maximum absolute atomic E-state index is 12.6. The number of urea groups is 1. The highest BCUT2D eigenvalue weighted by Gasteiger charge is 2.21. The largest absolute Gasteiger partial charge is 0.368 e. The number of hydrogen-bond acceptors (Lipinski definition) is 3. The van der Waals surface area contributed by atoms with Gasteiger partial charge in [0.15, 0.2) is 0 Å². The topological polar surface area (TPSA) is 64.7 Å². The number of carbonyl (C=O) groups is 2. The molecule has 6 nitrogen and oxygen atoms in total. The highest BCUT2D eigenvalue weighted by Crippen LogP contribution is 2.20. The molecule has 0 spiro atoms. The van der Waals surface area contributed by atoms with Crippen molar-refractivity contribution in [2.75, 3.05) is 42.9 Å². The minimum atomic E-state index is -0.170. The van der Waals surface area contributed by atoms with Crippen molar-refractivity contribution in [3.05, 3.63) is 59.7 Å². The van der Waals surface area contributed by atoms with Gasteiger partial charge in [-0.1, -0.05) is 43.2 Å². The van der Waals surface area contributed by atoms with Gasteiger partial charge in [0.25, 0.3) is 0 Å². The fourth-order valence-corrected chi connectivity index (χ4v) is 3.63.